The Morgan fingerprint density at radius 3 is 1.85 bits per heavy atom. The second-order valence-electron chi connectivity index (χ2n) is 7.74. The molecule has 9 heteroatoms. The van der Waals surface area contributed by atoms with Crippen LogP contribution >= 0.6 is 0 Å². The van der Waals surface area contributed by atoms with Crippen molar-refractivity contribution in [1.82, 2.24) is 4.72 Å². The lowest BCUT2D eigenvalue weighted by molar-refractivity contribution is -0.669. The minimum atomic E-state index is -4.27. The predicted molar refractivity (Wildman–Crippen MR) is 130 cm³/mol. The lowest BCUT2D eigenvalue weighted by Gasteiger charge is -2.06. The minimum Gasteiger partial charge on any atom is -0.744 e. The Morgan fingerprint density at radius 1 is 0.735 bits per heavy atom. The van der Waals surface area contributed by atoms with Crippen LogP contribution in [0.5, 0.6) is 0 Å². The summed E-state index contributed by atoms with van der Waals surface area (Å²) < 4.78 is 60.4. The maximum Gasteiger partial charge on any atom is 0.240 e. The lowest BCUT2D eigenvalue weighted by Crippen LogP contribution is -2.40. The first-order valence-electron chi connectivity index (χ1n) is 10.5. The molecule has 1 N–H and O–H groups in total. The maximum absolute atomic E-state index is 12.3. The number of hydrogen-bond acceptors (Lipinski definition) is 5. The SMILES string of the molecule is Cc1ccc(S(=O)(=O)NCC[n+]2cccc3ccccc32)cc1.Cc1ccc(S(=O)(=O)[O-])cc1. The molecule has 0 saturated heterocycles. The maximum atomic E-state index is 12.3. The predicted octanol–water partition coefficient (Wildman–Crippen LogP) is 3.31. The fourth-order valence-corrected chi connectivity index (χ4v) is 4.71. The van der Waals surface area contributed by atoms with Crippen LogP contribution in [0.1, 0.15) is 11.1 Å². The standard InChI is InChI=1S/C18H19N2O2S.C7H8O3S/c1-15-8-10-17(11-9-15)23(21,22)19-12-14-20-13-4-6-16-5-2-3-7-18(16)20;1-6-2-4-7(5-3-6)11(8,9)10/h2-11,13,19H,12,14H2,1H3;2-5H,1H3,(H,8,9,10)/q+1;/p-1. The second-order valence-corrected chi connectivity index (χ2v) is 10.9. The molecule has 0 bridgehead atoms. The lowest BCUT2D eigenvalue weighted by atomic mass is 10.2. The molecule has 0 spiro atoms. The van der Waals surface area contributed by atoms with E-state index in [1.165, 1.54) is 12.1 Å². The van der Waals surface area contributed by atoms with Gasteiger partial charge in [-0.3, -0.25) is 0 Å². The number of fused-ring (bicyclic) bond motifs is 1. The van der Waals surface area contributed by atoms with Gasteiger partial charge in [-0.15, -0.1) is 0 Å². The Hall–Kier alpha value is -3.11. The third kappa shape index (κ3) is 6.94. The first kappa shape index (κ1) is 25.5. The summed E-state index contributed by atoms with van der Waals surface area (Å²) in [6.07, 6.45) is 1.96. The molecule has 4 rings (SSSR count). The third-order valence-electron chi connectivity index (χ3n) is 5.07. The summed E-state index contributed by atoms with van der Waals surface area (Å²) >= 11 is 0. The van der Waals surface area contributed by atoms with Gasteiger partial charge in [-0.25, -0.2) is 21.6 Å². The number of hydrogen-bond donors (Lipinski definition) is 1. The molecular weight excluding hydrogens is 472 g/mol. The molecule has 0 amide bonds. The molecule has 7 nitrogen and oxygen atoms in total. The number of rotatable bonds is 6. The average Bonchev–Trinajstić information content (AvgIpc) is 2.79. The molecule has 0 saturated carbocycles. The number of para-hydroxylation sites is 1. The number of pyridine rings is 1. The molecule has 0 fully saturated rings. The van der Waals surface area contributed by atoms with Gasteiger partial charge in [0.05, 0.1) is 16.3 Å². The normalized spacial score (nSPS) is 11.6. The Balaban J connectivity index is 0.000000248. The van der Waals surface area contributed by atoms with Gasteiger partial charge in [0.15, 0.2) is 12.7 Å². The number of aromatic nitrogens is 1. The number of nitrogens with one attached hydrogen (secondary N) is 1. The topological polar surface area (TPSA) is 107 Å². The van der Waals surface area contributed by atoms with Crippen molar-refractivity contribution in [2.75, 3.05) is 6.54 Å². The van der Waals surface area contributed by atoms with Crippen molar-refractivity contribution in [1.29, 1.82) is 0 Å². The van der Waals surface area contributed by atoms with E-state index in [4.69, 9.17) is 0 Å². The summed E-state index contributed by atoms with van der Waals surface area (Å²) in [5, 5.41) is 1.14. The highest BCUT2D eigenvalue weighted by Gasteiger charge is 2.15. The van der Waals surface area contributed by atoms with E-state index in [1.807, 2.05) is 61.0 Å². The fraction of sp³-hybridized carbons (Fsp3) is 0.160. The summed E-state index contributed by atoms with van der Waals surface area (Å²) in [7, 11) is -7.73. The van der Waals surface area contributed by atoms with Gasteiger partial charge in [-0.1, -0.05) is 47.5 Å². The molecule has 3 aromatic carbocycles. The molecule has 1 heterocycles. The van der Waals surface area contributed by atoms with E-state index in [2.05, 4.69) is 4.72 Å². The second kappa shape index (κ2) is 10.9. The van der Waals surface area contributed by atoms with Crippen LogP contribution in [-0.2, 0) is 26.7 Å². The van der Waals surface area contributed by atoms with Gasteiger partial charge in [0.1, 0.15) is 10.1 Å². The van der Waals surface area contributed by atoms with Crippen LogP contribution in [-0.4, -0.2) is 27.9 Å². The van der Waals surface area contributed by atoms with Crippen LogP contribution in [0.15, 0.2) is 101 Å². The molecule has 4 aromatic rings. The Morgan fingerprint density at radius 2 is 1.26 bits per heavy atom. The van der Waals surface area contributed by atoms with Gasteiger partial charge in [0.2, 0.25) is 15.5 Å². The van der Waals surface area contributed by atoms with Crippen molar-refractivity contribution >= 4 is 31.0 Å². The molecule has 1 aromatic heterocycles. The Bertz CT molecular complexity index is 1460. The Labute approximate surface area is 200 Å². The smallest absolute Gasteiger partial charge is 0.240 e. The number of aryl methyl sites for hydroxylation is 2. The van der Waals surface area contributed by atoms with Crippen LogP contribution < -0.4 is 9.29 Å². The van der Waals surface area contributed by atoms with E-state index in [0.717, 1.165) is 22.0 Å². The fourth-order valence-electron chi connectivity index (χ4n) is 3.22. The summed E-state index contributed by atoms with van der Waals surface area (Å²) in [6, 6.07) is 24.7. The van der Waals surface area contributed by atoms with Crippen molar-refractivity contribution in [2.24, 2.45) is 0 Å². The van der Waals surface area contributed by atoms with E-state index in [9.17, 15) is 21.4 Å². The number of nitrogens with zero attached hydrogens (tertiary/aromatic N) is 1. The van der Waals surface area contributed by atoms with E-state index >= 15 is 0 Å². The zero-order chi connectivity index (χ0) is 24.8. The zero-order valence-corrected chi connectivity index (χ0v) is 20.5. The van der Waals surface area contributed by atoms with Gasteiger partial charge >= 0.3 is 0 Å². The van der Waals surface area contributed by atoms with E-state index in [-0.39, 0.29) is 4.90 Å². The van der Waals surface area contributed by atoms with Gasteiger partial charge in [0, 0.05) is 17.5 Å². The zero-order valence-electron chi connectivity index (χ0n) is 18.9. The monoisotopic (exact) mass is 498 g/mol. The molecule has 34 heavy (non-hydrogen) atoms. The van der Waals surface area contributed by atoms with Crippen molar-refractivity contribution in [3.05, 3.63) is 102 Å². The quantitative estimate of drug-likeness (QED) is 0.324. The van der Waals surface area contributed by atoms with Crippen LogP contribution in [0.4, 0.5) is 0 Å². The van der Waals surface area contributed by atoms with Crippen molar-refractivity contribution in [2.45, 2.75) is 30.2 Å². The largest absolute Gasteiger partial charge is 0.744 e. The molecule has 0 radical (unpaired) electrons. The first-order chi connectivity index (χ1) is 16.1. The van der Waals surface area contributed by atoms with Gasteiger partial charge in [0.25, 0.3) is 0 Å². The van der Waals surface area contributed by atoms with E-state index in [0.29, 0.717) is 18.0 Å². The van der Waals surface area contributed by atoms with E-state index in [1.54, 1.807) is 36.4 Å². The van der Waals surface area contributed by atoms with Gasteiger partial charge in [-0.2, -0.15) is 4.57 Å². The third-order valence-corrected chi connectivity index (χ3v) is 7.40. The van der Waals surface area contributed by atoms with Crippen molar-refractivity contribution in [3.8, 4) is 0 Å². The highest BCUT2D eigenvalue weighted by Crippen LogP contribution is 2.10. The van der Waals surface area contributed by atoms with Crippen LogP contribution in [0.2, 0.25) is 0 Å². The van der Waals surface area contributed by atoms with E-state index < -0.39 is 20.1 Å². The number of benzene rings is 3. The number of sulfonamides is 1. The molecule has 0 aliphatic carbocycles. The average molecular weight is 499 g/mol. The van der Waals surface area contributed by atoms with Crippen molar-refractivity contribution in [3.63, 3.8) is 0 Å². The van der Waals surface area contributed by atoms with Crippen molar-refractivity contribution < 1.29 is 26.0 Å². The Kier molecular flexibility index (Phi) is 8.16. The molecule has 0 unspecified atom stereocenters. The van der Waals surface area contributed by atoms with Crippen LogP contribution in [0.3, 0.4) is 0 Å². The molecule has 178 valence electrons. The van der Waals surface area contributed by atoms with Gasteiger partial charge < -0.3 is 4.55 Å². The first-order valence-corrected chi connectivity index (χ1v) is 13.4. The van der Waals surface area contributed by atoms with Crippen LogP contribution in [0, 0.1) is 13.8 Å². The summed E-state index contributed by atoms with van der Waals surface area (Å²) in [5.41, 5.74) is 3.05. The molecule has 0 aliphatic rings. The molecule has 0 aliphatic heterocycles. The van der Waals surface area contributed by atoms with Gasteiger partial charge in [-0.05, 0) is 50.2 Å². The molecule has 0 atom stereocenters. The summed E-state index contributed by atoms with van der Waals surface area (Å²) in [5.74, 6) is 0. The summed E-state index contributed by atoms with van der Waals surface area (Å²) in [6.45, 7) is 4.67. The highest BCUT2D eigenvalue weighted by atomic mass is 32.2. The summed E-state index contributed by atoms with van der Waals surface area (Å²) in [4.78, 5) is 0.120. The minimum absolute atomic E-state index is 0.178. The highest BCUT2D eigenvalue weighted by molar-refractivity contribution is 7.89. The van der Waals surface area contributed by atoms with Crippen LogP contribution in [0.25, 0.3) is 10.9 Å². The molecular formula is C25H26N2O5S2.